The van der Waals surface area contributed by atoms with Crippen molar-refractivity contribution in [1.82, 2.24) is 5.32 Å². The van der Waals surface area contributed by atoms with Crippen LogP contribution in [-0.2, 0) is 4.74 Å². The van der Waals surface area contributed by atoms with Crippen LogP contribution in [-0.4, -0.2) is 26.3 Å². The van der Waals surface area contributed by atoms with Crippen LogP contribution in [0.5, 0.6) is 0 Å². The maximum atomic E-state index is 5.26. The molecule has 1 heterocycles. The third-order valence-corrected chi connectivity index (χ3v) is 2.01. The van der Waals surface area contributed by atoms with Gasteiger partial charge in [-0.25, -0.2) is 0 Å². The van der Waals surface area contributed by atoms with E-state index in [1.54, 1.807) is 7.11 Å². The molecule has 54 valence electrons. The largest absolute Gasteiger partial charge is 0.381 e. The summed E-state index contributed by atoms with van der Waals surface area (Å²) < 4.78 is 5.26. The average Bonchev–Trinajstić information content (AvgIpc) is 1.89. The molecule has 0 bridgehead atoms. The first-order valence-corrected chi connectivity index (χ1v) is 3.58. The fraction of sp³-hybridized carbons (Fsp3) is 1.00. The highest BCUT2D eigenvalue weighted by atomic mass is 16.5. The molecule has 1 aliphatic heterocycles. The van der Waals surface area contributed by atoms with Gasteiger partial charge in [0.1, 0.15) is 0 Å². The first-order valence-electron chi connectivity index (χ1n) is 3.58. The Morgan fingerprint density at radius 1 is 1.56 bits per heavy atom. The van der Waals surface area contributed by atoms with E-state index in [-0.39, 0.29) is 0 Å². The Morgan fingerprint density at radius 2 is 2.33 bits per heavy atom. The Morgan fingerprint density at radius 3 is 2.78 bits per heavy atom. The molecule has 0 unspecified atom stereocenters. The van der Waals surface area contributed by atoms with Gasteiger partial charge in [0, 0.05) is 13.7 Å². The molecule has 1 aliphatic rings. The van der Waals surface area contributed by atoms with Gasteiger partial charge in [-0.15, -0.1) is 0 Å². The third-order valence-electron chi connectivity index (χ3n) is 2.01. The van der Waals surface area contributed by atoms with Gasteiger partial charge >= 0.3 is 0 Å². The van der Waals surface area contributed by atoms with Crippen LogP contribution in [0, 0.1) is 5.92 Å². The molecule has 0 aliphatic carbocycles. The predicted molar refractivity (Wildman–Crippen MR) is 37.4 cm³/mol. The highest BCUT2D eigenvalue weighted by molar-refractivity contribution is 4.74. The maximum absolute atomic E-state index is 5.26. The Labute approximate surface area is 56.6 Å². The van der Waals surface area contributed by atoms with Gasteiger partial charge in [0.05, 0.1) is 6.10 Å². The van der Waals surface area contributed by atoms with Crippen LogP contribution in [0.25, 0.3) is 0 Å². The van der Waals surface area contributed by atoms with E-state index in [1.807, 2.05) is 0 Å². The Balaban J connectivity index is 2.30. The van der Waals surface area contributed by atoms with Gasteiger partial charge in [-0.2, -0.15) is 0 Å². The molecule has 1 fully saturated rings. The minimum atomic E-state index is 0.492. The molecule has 0 saturated carbocycles. The average molecular weight is 129 g/mol. The lowest BCUT2D eigenvalue weighted by Gasteiger charge is -2.27. The molecule has 0 amide bonds. The minimum absolute atomic E-state index is 0.492. The molecule has 1 saturated heterocycles. The molecule has 1 N–H and O–H groups in total. The number of hydrogen-bond donors (Lipinski definition) is 1. The molecular weight excluding hydrogens is 114 g/mol. The van der Waals surface area contributed by atoms with Crippen LogP contribution >= 0.6 is 0 Å². The van der Waals surface area contributed by atoms with Gasteiger partial charge in [-0.05, 0) is 18.9 Å². The second kappa shape index (κ2) is 3.18. The van der Waals surface area contributed by atoms with E-state index >= 15 is 0 Å². The van der Waals surface area contributed by atoms with E-state index in [0.717, 1.165) is 19.5 Å². The molecule has 1 rings (SSSR count). The van der Waals surface area contributed by atoms with Gasteiger partial charge in [-0.3, -0.25) is 0 Å². The summed E-state index contributed by atoms with van der Waals surface area (Å²) in [6.07, 6.45) is 1.66. The molecule has 0 aromatic heterocycles. The molecule has 0 aromatic carbocycles. The predicted octanol–water partition coefficient (Wildman–Crippen LogP) is 0.631. The van der Waals surface area contributed by atoms with Crippen LogP contribution < -0.4 is 5.32 Å². The van der Waals surface area contributed by atoms with Crippen molar-refractivity contribution in [1.29, 1.82) is 0 Å². The maximum Gasteiger partial charge on any atom is 0.0621 e. The van der Waals surface area contributed by atoms with E-state index in [9.17, 15) is 0 Å². The summed E-state index contributed by atoms with van der Waals surface area (Å²) >= 11 is 0. The zero-order chi connectivity index (χ0) is 6.69. The first-order chi connectivity index (χ1) is 4.34. The summed E-state index contributed by atoms with van der Waals surface area (Å²) in [4.78, 5) is 0. The van der Waals surface area contributed by atoms with Crippen LogP contribution in [0.15, 0.2) is 0 Å². The number of rotatable bonds is 1. The smallest absolute Gasteiger partial charge is 0.0621 e. The molecule has 2 atom stereocenters. The molecule has 2 nitrogen and oxygen atoms in total. The van der Waals surface area contributed by atoms with Crippen molar-refractivity contribution in [3.8, 4) is 0 Å². The van der Waals surface area contributed by atoms with E-state index in [2.05, 4.69) is 12.2 Å². The van der Waals surface area contributed by atoms with Crippen molar-refractivity contribution in [2.45, 2.75) is 19.4 Å². The molecule has 0 spiro atoms. The zero-order valence-corrected chi connectivity index (χ0v) is 6.18. The Bertz CT molecular complexity index is 85.0. The van der Waals surface area contributed by atoms with Crippen LogP contribution in [0.2, 0.25) is 0 Å². The van der Waals surface area contributed by atoms with Crippen molar-refractivity contribution in [3.63, 3.8) is 0 Å². The van der Waals surface area contributed by atoms with Crippen molar-refractivity contribution in [2.24, 2.45) is 5.92 Å². The summed E-state index contributed by atoms with van der Waals surface area (Å²) in [5, 5.41) is 3.32. The van der Waals surface area contributed by atoms with E-state index in [1.165, 1.54) is 0 Å². The lowest BCUT2D eigenvalue weighted by Crippen LogP contribution is -2.39. The van der Waals surface area contributed by atoms with Gasteiger partial charge in [0.25, 0.3) is 0 Å². The molecule has 0 radical (unpaired) electrons. The summed E-state index contributed by atoms with van der Waals surface area (Å²) in [5.41, 5.74) is 0. The van der Waals surface area contributed by atoms with E-state index in [0.29, 0.717) is 12.0 Å². The van der Waals surface area contributed by atoms with Crippen LogP contribution in [0.3, 0.4) is 0 Å². The number of piperidine rings is 1. The molecule has 0 aromatic rings. The van der Waals surface area contributed by atoms with Gasteiger partial charge < -0.3 is 10.1 Å². The van der Waals surface area contributed by atoms with Gasteiger partial charge in [-0.1, -0.05) is 6.92 Å². The summed E-state index contributed by atoms with van der Waals surface area (Å²) in [6.45, 7) is 4.45. The second-order valence-corrected chi connectivity index (χ2v) is 2.74. The number of nitrogens with one attached hydrogen (secondary N) is 1. The van der Waals surface area contributed by atoms with Crippen molar-refractivity contribution in [3.05, 3.63) is 0 Å². The Kier molecular flexibility index (Phi) is 2.49. The minimum Gasteiger partial charge on any atom is -0.381 e. The fourth-order valence-corrected chi connectivity index (χ4v) is 1.34. The normalized spacial score (nSPS) is 36.7. The summed E-state index contributed by atoms with van der Waals surface area (Å²) in [5.74, 6) is 0.684. The Hall–Kier alpha value is -0.0800. The lowest BCUT2D eigenvalue weighted by molar-refractivity contribution is 0.0380. The third kappa shape index (κ3) is 1.66. The highest BCUT2D eigenvalue weighted by Gasteiger charge is 2.19. The topological polar surface area (TPSA) is 21.3 Å². The summed E-state index contributed by atoms with van der Waals surface area (Å²) in [7, 11) is 1.80. The number of hydrogen-bond acceptors (Lipinski definition) is 2. The molecule has 9 heavy (non-hydrogen) atoms. The molecule has 2 heteroatoms. The standard InChI is InChI=1S/C7H15NO/c1-6-5-8-4-3-7(6)9-2/h6-8H,3-5H2,1-2H3/t6-,7-/m0/s1. The quantitative estimate of drug-likeness (QED) is 0.560. The number of ether oxygens (including phenoxy) is 1. The van der Waals surface area contributed by atoms with Crippen molar-refractivity contribution < 1.29 is 4.74 Å². The lowest BCUT2D eigenvalue weighted by atomic mass is 9.98. The van der Waals surface area contributed by atoms with E-state index in [4.69, 9.17) is 4.74 Å². The van der Waals surface area contributed by atoms with Crippen LogP contribution in [0.4, 0.5) is 0 Å². The van der Waals surface area contributed by atoms with Gasteiger partial charge in [0.2, 0.25) is 0 Å². The number of methoxy groups -OCH3 is 1. The summed E-state index contributed by atoms with van der Waals surface area (Å²) in [6, 6.07) is 0. The van der Waals surface area contributed by atoms with Crippen molar-refractivity contribution >= 4 is 0 Å². The van der Waals surface area contributed by atoms with Gasteiger partial charge in [0.15, 0.2) is 0 Å². The fourth-order valence-electron chi connectivity index (χ4n) is 1.34. The second-order valence-electron chi connectivity index (χ2n) is 2.74. The van der Waals surface area contributed by atoms with Crippen molar-refractivity contribution in [2.75, 3.05) is 20.2 Å². The van der Waals surface area contributed by atoms with Crippen LogP contribution in [0.1, 0.15) is 13.3 Å². The molecular formula is C7H15NO. The van der Waals surface area contributed by atoms with E-state index < -0.39 is 0 Å². The SMILES string of the molecule is CO[C@H]1CCNC[C@@H]1C. The first kappa shape index (κ1) is 7.03. The monoisotopic (exact) mass is 129 g/mol. The zero-order valence-electron chi connectivity index (χ0n) is 6.18. The highest BCUT2D eigenvalue weighted by Crippen LogP contribution is 2.12.